The molecule has 102 valence electrons. The van der Waals surface area contributed by atoms with Gasteiger partial charge in [0.15, 0.2) is 0 Å². The Hall–Kier alpha value is -0.570. The number of fused-ring (bicyclic) bond motifs is 2. The van der Waals surface area contributed by atoms with Crippen LogP contribution in [0.25, 0.3) is 0 Å². The van der Waals surface area contributed by atoms with Crippen LogP contribution in [0.1, 0.15) is 46.5 Å². The Bertz CT molecular complexity index is 365. The Kier molecular flexibility index (Phi) is 2.74. The topological polar surface area (TPSA) is 46.5 Å². The number of ether oxygens (including phenoxy) is 1. The zero-order chi connectivity index (χ0) is 13.1. The molecule has 1 saturated heterocycles. The van der Waals surface area contributed by atoms with Crippen molar-refractivity contribution in [3.63, 3.8) is 0 Å². The molecule has 18 heavy (non-hydrogen) atoms. The van der Waals surface area contributed by atoms with E-state index in [9.17, 15) is 9.90 Å². The largest absolute Gasteiger partial charge is 0.462 e. The van der Waals surface area contributed by atoms with Gasteiger partial charge in [0.25, 0.3) is 0 Å². The van der Waals surface area contributed by atoms with Crippen LogP contribution in [0.4, 0.5) is 0 Å². The van der Waals surface area contributed by atoms with E-state index < -0.39 is 0 Å². The number of carbonyl (C=O) groups excluding carboxylic acids is 1. The van der Waals surface area contributed by atoms with Crippen LogP contribution >= 0.6 is 0 Å². The third-order valence-corrected chi connectivity index (χ3v) is 5.89. The summed E-state index contributed by atoms with van der Waals surface area (Å²) < 4.78 is 5.53. The first-order chi connectivity index (χ1) is 8.43. The Morgan fingerprint density at radius 2 is 2.28 bits per heavy atom. The molecule has 2 aliphatic carbocycles. The molecule has 3 heteroatoms. The molecule has 2 saturated carbocycles. The molecular formula is C15H24O3. The summed E-state index contributed by atoms with van der Waals surface area (Å²) in [5.74, 6) is 2.05. The molecule has 0 radical (unpaired) electrons. The second-order valence-corrected chi connectivity index (χ2v) is 7.01. The van der Waals surface area contributed by atoms with Crippen molar-refractivity contribution in [3.05, 3.63) is 0 Å². The maximum atomic E-state index is 11.6. The second kappa shape index (κ2) is 3.96. The maximum absolute atomic E-state index is 11.6. The highest BCUT2D eigenvalue weighted by Gasteiger charge is 2.66. The molecule has 1 aliphatic heterocycles. The van der Waals surface area contributed by atoms with E-state index in [-0.39, 0.29) is 24.1 Å². The lowest BCUT2D eigenvalue weighted by Gasteiger charge is -2.28. The number of hydrogen-bond acceptors (Lipinski definition) is 3. The molecule has 0 spiro atoms. The summed E-state index contributed by atoms with van der Waals surface area (Å²) in [6, 6.07) is 0. The zero-order valence-electron chi connectivity index (χ0n) is 11.6. The molecule has 1 heterocycles. The molecule has 0 aromatic carbocycles. The minimum Gasteiger partial charge on any atom is -0.462 e. The summed E-state index contributed by atoms with van der Waals surface area (Å²) in [5, 5.41) is 9.42. The normalized spacial score (nSPS) is 51.3. The Balaban J connectivity index is 1.65. The number of rotatable bonds is 3. The summed E-state index contributed by atoms with van der Waals surface area (Å²) >= 11 is 0. The van der Waals surface area contributed by atoms with Gasteiger partial charge in [0.1, 0.15) is 6.10 Å². The van der Waals surface area contributed by atoms with E-state index >= 15 is 0 Å². The highest BCUT2D eigenvalue weighted by atomic mass is 16.6. The molecule has 1 N–H and O–H groups in total. The van der Waals surface area contributed by atoms with Crippen LogP contribution in [0.3, 0.4) is 0 Å². The van der Waals surface area contributed by atoms with Crippen LogP contribution in [-0.2, 0) is 9.53 Å². The van der Waals surface area contributed by atoms with Crippen molar-refractivity contribution in [1.29, 1.82) is 0 Å². The van der Waals surface area contributed by atoms with Crippen molar-refractivity contribution in [2.24, 2.45) is 29.1 Å². The molecule has 3 fully saturated rings. The lowest BCUT2D eigenvalue weighted by Crippen LogP contribution is -2.28. The summed E-state index contributed by atoms with van der Waals surface area (Å²) in [7, 11) is 0. The predicted molar refractivity (Wildman–Crippen MR) is 67.8 cm³/mol. The van der Waals surface area contributed by atoms with E-state index in [1.54, 1.807) is 0 Å². The van der Waals surface area contributed by atoms with E-state index in [1.807, 2.05) is 13.8 Å². The van der Waals surface area contributed by atoms with Gasteiger partial charge in [-0.2, -0.15) is 0 Å². The fourth-order valence-corrected chi connectivity index (χ4v) is 4.57. The van der Waals surface area contributed by atoms with Crippen molar-refractivity contribution >= 4 is 5.97 Å². The number of hydrogen-bond donors (Lipinski definition) is 1. The maximum Gasteiger partial charge on any atom is 0.309 e. The number of aliphatic hydroxyl groups is 1. The summed E-state index contributed by atoms with van der Waals surface area (Å²) in [6.07, 6.45) is 4.21. The molecule has 0 bridgehead atoms. The lowest BCUT2D eigenvalue weighted by atomic mass is 9.77. The third kappa shape index (κ3) is 1.70. The predicted octanol–water partition coefficient (Wildman–Crippen LogP) is 2.37. The van der Waals surface area contributed by atoms with E-state index in [0.29, 0.717) is 11.3 Å². The summed E-state index contributed by atoms with van der Waals surface area (Å²) in [4.78, 5) is 11.6. The first-order valence-corrected chi connectivity index (χ1v) is 7.32. The fraction of sp³-hybridized carbons (Fsp3) is 0.933. The van der Waals surface area contributed by atoms with Gasteiger partial charge in [0.05, 0.1) is 12.0 Å². The number of aliphatic hydroxyl groups excluding tert-OH is 1. The Morgan fingerprint density at radius 1 is 1.56 bits per heavy atom. The van der Waals surface area contributed by atoms with Crippen molar-refractivity contribution in [2.45, 2.75) is 58.7 Å². The monoisotopic (exact) mass is 252 g/mol. The molecule has 7 atom stereocenters. The van der Waals surface area contributed by atoms with Crippen LogP contribution in [0.15, 0.2) is 0 Å². The van der Waals surface area contributed by atoms with Crippen molar-refractivity contribution < 1.29 is 14.6 Å². The number of esters is 1. The van der Waals surface area contributed by atoms with Gasteiger partial charge >= 0.3 is 5.97 Å². The highest BCUT2D eigenvalue weighted by Crippen LogP contribution is 2.70. The fourth-order valence-electron chi connectivity index (χ4n) is 4.57. The van der Waals surface area contributed by atoms with Gasteiger partial charge < -0.3 is 9.84 Å². The minimum absolute atomic E-state index is 0.00966. The molecule has 3 rings (SSSR count). The molecular weight excluding hydrogens is 228 g/mol. The van der Waals surface area contributed by atoms with Gasteiger partial charge in [-0.1, -0.05) is 13.8 Å². The van der Waals surface area contributed by atoms with Crippen molar-refractivity contribution in [3.8, 4) is 0 Å². The Morgan fingerprint density at radius 3 is 2.94 bits per heavy atom. The molecule has 3 aliphatic rings. The second-order valence-electron chi connectivity index (χ2n) is 7.01. The van der Waals surface area contributed by atoms with Crippen LogP contribution in [0.5, 0.6) is 0 Å². The van der Waals surface area contributed by atoms with E-state index in [0.717, 1.165) is 37.5 Å². The first kappa shape index (κ1) is 12.5. The van der Waals surface area contributed by atoms with Gasteiger partial charge in [-0.25, -0.2) is 0 Å². The number of carbonyl (C=O) groups is 1. The molecule has 3 nitrogen and oxygen atoms in total. The lowest BCUT2D eigenvalue weighted by molar-refractivity contribution is -0.144. The van der Waals surface area contributed by atoms with Gasteiger partial charge in [0.2, 0.25) is 0 Å². The van der Waals surface area contributed by atoms with Gasteiger partial charge in [-0.15, -0.1) is 0 Å². The zero-order valence-corrected chi connectivity index (χ0v) is 11.6. The molecule has 0 amide bonds. The van der Waals surface area contributed by atoms with Crippen molar-refractivity contribution in [2.75, 3.05) is 0 Å². The highest BCUT2D eigenvalue weighted by molar-refractivity contribution is 5.75. The first-order valence-electron chi connectivity index (χ1n) is 7.32. The van der Waals surface area contributed by atoms with Crippen LogP contribution in [0, 0.1) is 29.1 Å². The van der Waals surface area contributed by atoms with Crippen LogP contribution in [0.2, 0.25) is 0 Å². The quantitative estimate of drug-likeness (QED) is 0.784. The SMILES string of the molecule is C[C@@H](O)CC[C@H]1[C@@H]2C[C@H]3[C@@H](C[C@]12C)OC(=O)[C@@H]3C. The van der Waals surface area contributed by atoms with Crippen molar-refractivity contribution in [1.82, 2.24) is 0 Å². The average molecular weight is 252 g/mol. The van der Waals surface area contributed by atoms with Crippen LogP contribution in [-0.4, -0.2) is 23.3 Å². The van der Waals surface area contributed by atoms with E-state index in [2.05, 4.69) is 6.92 Å². The summed E-state index contributed by atoms with van der Waals surface area (Å²) in [5.41, 5.74) is 0.375. The van der Waals surface area contributed by atoms with E-state index in [1.165, 1.54) is 0 Å². The van der Waals surface area contributed by atoms with Gasteiger partial charge in [0, 0.05) is 5.92 Å². The molecule has 0 aromatic rings. The van der Waals surface area contributed by atoms with Crippen LogP contribution < -0.4 is 0 Å². The van der Waals surface area contributed by atoms with E-state index in [4.69, 9.17) is 4.74 Å². The average Bonchev–Trinajstić information content (AvgIpc) is 2.77. The van der Waals surface area contributed by atoms with Gasteiger partial charge in [-0.05, 0) is 49.9 Å². The summed E-state index contributed by atoms with van der Waals surface area (Å²) in [6.45, 7) is 6.23. The molecule has 0 aromatic heterocycles. The Labute approximate surface area is 109 Å². The third-order valence-electron chi connectivity index (χ3n) is 5.89. The standard InChI is InChI=1S/C15H24O3/c1-8(16)4-5-11-12-6-10-9(2)14(17)18-13(10)7-15(11,12)3/h8-13,16H,4-7H2,1-3H3/t8-,9-,10-,11+,12+,13-,15-/m1/s1. The van der Waals surface area contributed by atoms with Gasteiger partial charge in [-0.3, -0.25) is 4.79 Å². The smallest absolute Gasteiger partial charge is 0.309 e. The molecule has 0 unspecified atom stereocenters. The minimum atomic E-state index is -0.187.